The predicted molar refractivity (Wildman–Crippen MR) is 120 cm³/mol. The zero-order chi connectivity index (χ0) is 21.8. The molecule has 1 saturated heterocycles. The van der Waals surface area contributed by atoms with Gasteiger partial charge >= 0.3 is 0 Å². The van der Waals surface area contributed by atoms with Crippen LogP contribution in [0, 0.1) is 0 Å². The first-order chi connectivity index (χ1) is 15.0. The largest absolute Gasteiger partial charge is 0.367 e. The van der Waals surface area contributed by atoms with Crippen LogP contribution in [0.15, 0.2) is 55.1 Å². The average Bonchev–Trinajstić information content (AvgIpc) is 3.30. The van der Waals surface area contributed by atoms with Crippen molar-refractivity contribution in [3.8, 4) is 5.82 Å². The second-order valence-corrected chi connectivity index (χ2v) is 7.61. The van der Waals surface area contributed by atoms with Crippen molar-refractivity contribution in [2.24, 2.45) is 0 Å². The van der Waals surface area contributed by atoms with Gasteiger partial charge in [-0.25, -0.2) is 9.97 Å². The number of halogens is 1. The van der Waals surface area contributed by atoms with Crippen molar-refractivity contribution in [3.63, 3.8) is 0 Å². The fraction of sp³-hybridized carbons (Fsp3) is 0.273. The van der Waals surface area contributed by atoms with Crippen LogP contribution in [-0.4, -0.2) is 57.4 Å². The number of hydrogen-bond acceptors (Lipinski definition) is 5. The van der Waals surface area contributed by atoms with Crippen molar-refractivity contribution in [1.82, 2.24) is 19.4 Å². The third-order valence-electron chi connectivity index (χ3n) is 5.18. The molecule has 1 N–H and O–H groups in total. The van der Waals surface area contributed by atoms with Crippen LogP contribution in [0.2, 0.25) is 5.02 Å². The first kappa shape index (κ1) is 20.9. The third-order valence-corrected chi connectivity index (χ3v) is 5.50. The van der Waals surface area contributed by atoms with Gasteiger partial charge in [-0.2, -0.15) is 0 Å². The number of pyridine rings is 1. The normalized spacial score (nSPS) is 13.9. The van der Waals surface area contributed by atoms with Gasteiger partial charge in [-0.1, -0.05) is 30.7 Å². The van der Waals surface area contributed by atoms with Gasteiger partial charge in [0.15, 0.2) is 0 Å². The number of carbonyl (C=O) groups is 2. The molecule has 9 heteroatoms. The van der Waals surface area contributed by atoms with E-state index in [9.17, 15) is 9.59 Å². The summed E-state index contributed by atoms with van der Waals surface area (Å²) in [5.74, 6) is 0.439. The number of aromatic nitrogens is 3. The van der Waals surface area contributed by atoms with Crippen LogP contribution in [0.4, 0.5) is 11.4 Å². The highest BCUT2D eigenvalue weighted by Gasteiger charge is 2.24. The Hall–Kier alpha value is -3.39. The molecule has 2 aromatic heterocycles. The number of nitrogens with zero attached hydrogens (tertiary/aromatic N) is 5. The monoisotopic (exact) mass is 438 g/mol. The van der Waals surface area contributed by atoms with E-state index < -0.39 is 0 Å². The lowest BCUT2D eigenvalue weighted by molar-refractivity contribution is -0.115. The van der Waals surface area contributed by atoms with Crippen molar-refractivity contribution in [3.05, 3.63) is 65.8 Å². The van der Waals surface area contributed by atoms with Crippen LogP contribution >= 0.6 is 11.6 Å². The number of piperazine rings is 1. The van der Waals surface area contributed by atoms with Crippen molar-refractivity contribution >= 4 is 34.8 Å². The molecule has 160 valence electrons. The Morgan fingerprint density at radius 2 is 1.84 bits per heavy atom. The van der Waals surface area contributed by atoms with Gasteiger partial charge in [-0.3, -0.25) is 14.2 Å². The third kappa shape index (κ3) is 4.69. The highest BCUT2D eigenvalue weighted by atomic mass is 35.5. The highest BCUT2D eigenvalue weighted by molar-refractivity contribution is 6.33. The Morgan fingerprint density at radius 3 is 2.52 bits per heavy atom. The summed E-state index contributed by atoms with van der Waals surface area (Å²) < 4.78 is 1.69. The molecule has 31 heavy (non-hydrogen) atoms. The van der Waals surface area contributed by atoms with Crippen molar-refractivity contribution in [1.29, 1.82) is 0 Å². The van der Waals surface area contributed by atoms with Gasteiger partial charge in [0, 0.05) is 38.8 Å². The molecule has 8 nitrogen and oxygen atoms in total. The van der Waals surface area contributed by atoms with Gasteiger partial charge in [0.05, 0.1) is 22.6 Å². The number of hydrogen-bond donors (Lipinski definition) is 1. The minimum atomic E-state index is -0.107. The Balaban J connectivity index is 1.39. The summed E-state index contributed by atoms with van der Waals surface area (Å²) in [6.45, 7) is 4.41. The fourth-order valence-corrected chi connectivity index (χ4v) is 3.70. The van der Waals surface area contributed by atoms with E-state index in [1.54, 1.807) is 47.2 Å². The van der Waals surface area contributed by atoms with Crippen molar-refractivity contribution in [2.45, 2.75) is 13.3 Å². The molecular weight excluding hydrogens is 416 g/mol. The summed E-state index contributed by atoms with van der Waals surface area (Å²) in [6, 6.07) is 11.3. The van der Waals surface area contributed by atoms with Gasteiger partial charge in [-0.05, 0) is 24.3 Å². The Kier molecular flexibility index (Phi) is 6.18. The minimum Gasteiger partial charge on any atom is -0.367 e. The van der Waals surface area contributed by atoms with Crippen LogP contribution in [0.1, 0.15) is 23.8 Å². The molecule has 1 aliphatic heterocycles. The zero-order valence-corrected chi connectivity index (χ0v) is 17.9. The molecule has 4 rings (SSSR count). The summed E-state index contributed by atoms with van der Waals surface area (Å²) in [5, 5.41) is 3.47. The van der Waals surface area contributed by atoms with E-state index in [1.807, 2.05) is 24.3 Å². The number of benzene rings is 1. The second kappa shape index (κ2) is 9.18. The second-order valence-electron chi connectivity index (χ2n) is 7.20. The van der Waals surface area contributed by atoms with Crippen molar-refractivity contribution in [2.75, 3.05) is 36.4 Å². The number of para-hydroxylation sites is 1. The SMILES string of the molecule is CCC(=O)Nc1ccc(-n2cnc(C(=O)N3CCN(c4ccccc4Cl)CC3)c2)nc1. The Bertz CT molecular complexity index is 1070. The van der Waals surface area contributed by atoms with Crippen LogP contribution in [0.25, 0.3) is 5.82 Å². The van der Waals surface area contributed by atoms with Gasteiger partial charge in [0.1, 0.15) is 17.8 Å². The lowest BCUT2D eigenvalue weighted by Crippen LogP contribution is -2.49. The number of amides is 2. The topological polar surface area (TPSA) is 83.4 Å². The van der Waals surface area contributed by atoms with E-state index >= 15 is 0 Å². The lowest BCUT2D eigenvalue weighted by Gasteiger charge is -2.36. The van der Waals surface area contributed by atoms with E-state index in [0.717, 1.165) is 5.69 Å². The molecule has 0 aliphatic carbocycles. The molecule has 1 fully saturated rings. The molecule has 2 amide bonds. The summed E-state index contributed by atoms with van der Waals surface area (Å²) in [5.41, 5.74) is 1.99. The summed E-state index contributed by atoms with van der Waals surface area (Å²) in [7, 11) is 0. The summed E-state index contributed by atoms with van der Waals surface area (Å²) in [4.78, 5) is 37.0. The predicted octanol–water partition coefficient (Wildman–Crippen LogP) is 3.23. The molecule has 1 aromatic carbocycles. The maximum absolute atomic E-state index is 12.9. The Morgan fingerprint density at radius 1 is 1.06 bits per heavy atom. The molecule has 0 saturated carbocycles. The maximum atomic E-state index is 12.9. The van der Waals surface area contributed by atoms with Crippen LogP contribution < -0.4 is 10.2 Å². The first-order valence-corrected chi connectivity index (χ1v) is 10.5. The lowest BCUT2D eigenvalue weighted by atomic mass is 10.2. The average molecular weight is 439 g/mol. The van der Waals surface area contributed by atoms with E-state index in [1.165, 1.54) is 0 Å². The van der Waals surface area contributed by atoms with Crippen molar-refractivity contribution < 1.29 is 9.59 Å². The van der Waals surface area contributed by atoms with E-state index in [-0.39, 0.29) is 11.8 Å². The molecule has 3 heterocycles. The molecule has 1 aliphatic rings. The first-order valence-electron chi connectivity index (χ1n) is 10.1. The molecule has 0 atom stereocenters. The van der Waals surface area contributed by atoms with E-state index in [2.05, 4.69) is 20.2 Å². The molecular formula is C22H23ClN6O2. The number of rotatable bonds is 5. The molecule has 0 unspecified atom stereocenters. The number of carbonyl (C=O) groups excluding carboxylic acids is 2. The quantitative estimate of drug-likeness (QED) is 0.661. The number of anilines is 2. The number of imidazole rings is 1. The fourth-order valence-electron chi connectivity index (χ4n) is 3.44. The van der Waals surface area contributed by atoms with Crippen LogP contribution in [0.3, 0.4) is 0 Å². The standard InChI is InChI=1S/C22H23ClN6O2/c1-2-21(30)26-16-7-8-20(24-13-16)29-14-18(25-15-29)22(31)28-11-9-27(10-12-28)19-6-4-3-5-17(19)23/h3-8,13-15H,2,9-12H2,1H3,(H,26,30). The number of nitrogens with one attached hydrogen (secondary N) is 1. The van der Waals surface area contributed by atoms with Gasteiger partial charge in [0.2, 0.25) is 5.91 Å². The van der Waals surface area contributed by atoms with E-state index in [0.29, 0.717) is 54.8 Å². The molecule has 0 radical (unpaired) electrons. The molecule has 0 spiro atoms. The highest BCUT2D eigenvalue weighted by Crippen LogP contribution is 2.26. The zero-order valence-electron chi connectivity index (χ0n) is 17.2. The van der Waals surface area contributed by atoms with Crippen LogP contribution in [0.5, 0.6) is 0 Å². The summed E-state index contributed by atoms with van der Waals surface area (Å²) in [6.07, 6.45) is 5.23. The minimum absolute atomic E-state index is 0.0697. The van der Waals surface area contributed by atoms with Crippen LogP contribution in [-0.2, 0) is 4.79 Å². The van der Waals surface area contributed by atoms with E-state index in [4.69, 9.17) is 11.6 Å². The van der Waals surface area contributed by atoms with Gasteiger partial charge < -0.3 is 15.1 Å². The summed E-state index contributed by atoms with van der Waals surface area (Å²) >= 11 is 6.29. The van der Waals surface area contributed by atoms with Gasteiger partial charge in [-0.15, -0.1) is 0 Å². The maximum Gasteiger partial charge on any atom is 0.274 e. The molecule has 0 bridgehead atoms. The molecule has 3 aromatic rings. The Labute approximate surface area is 185 Å². The van der Waals surface area contributed by atoms with Gasteiger partial charge in [0.25, 0.3) is 5.91 Å². The smallest absolute Gasteiger partial charge is 0.274 e.